The molecule has 26 nitrogen and oxygen atoms in total. The molecule has 26 heteroatoms. The number of aromatic nitrogens is 3. The second-order valence-electron chi connectivity index (χ2n) is 28.0. The van der Waals surface area contributed by atoms with Gasteiger partial charge in [0.2, 0.25) is 35.4 Å². The quantitative estimate of drug-likeness (QED) is 0.0227. The van der Waals surface area contributed by atoms with Crippen molar-refractivity contribution in [1.29, 1.82) is 0 Å². The number of carbonyl (C=O) groups excluding carboxylic acids is 10. The molecule has 0 spiro atoms. The largest absolute Gasteiger partial charge is 0.469 e. The molecule has 1 aromatic heterocycles. The maximum absolute atomic E-state index is 14.9. The molecule has 1 aliphatic heterocycles. The van der Waals surface area contributed by atoms with Crippen LogP contribution < -0.4 is 27.0 Å². The number of aliphatic hydroxyl groups excluding tert-OH is 1. The zero-order valence-electron chi connectivity index (χ0n) is 62.3. The number of ether oxygens (including phenoxy) is 4. The lowest BCUT2D eigenvalue weighted by Gasteiger charge is -2.41. The Labute approximate surface area is 605 Å². The number of hydrogen-bond donors (Lipinski definition) is 6. The third-order valence-corrected chi connectivity index (χ3v) is 19.7. The number of ketones is 2. The number of methoxy groups -OCH3 is 3. The standard InChI is InChI=1S/C77H109N11O15/c1-15-48(6)70(64(100-12)42-66(92)88-37-21-26-61(88)72(102-14)50(8)73(95)79-51(9)71(94)56-23-17-16-18-24-56)85(10)76(98)68(46(2)3)82-75(97)69(47(4)5)86(11)77(99)103-45-53-29-27-52(28-30-53)40-62(89)60(35-36-78)81-74(96)58(39-54-31-32-55-22-19-20-25-57(55)38-54)41-63(90)59(33-34-67(93)101-13)80-65(91)44-87-43-49(7)83-84-87/h16-20,22-25,27-32,38,43,46-48,50-51,58-61,64,68-72,94H,15,21,26,33-37,39-42,44-45,78H2,1-14H3,(H,79,95)(H,80,91)(H,81,96)(H,82,97)/t48-,50+,51+,58+,59-,60-,61-,64+,68-,69-,70-,71+,72+/m0/s1. The number of carbonyl (C=O) groups is 10. The van der Waals surface area contributed by atoms with Crippen molar-refractivity contribution in [3.8, 4) is 0 Å². The fourth-order valence-electron chi connectivity index (χ4n) is 13.6. The van der Waals surface area contributed by atoms with E-state index in [9.17, 15) is 53.1 Å². The van der Waals surface area contributed by atoms with Gasteiger partial charge < -0.3 is 60.9 Å². The second kappa shape index (κ2) is 40.2. The van der Waals surface area contributed by atoms with Crippen LogP contribution in [0.25, 0.3) is 10.8 Å². The predicted molar refractivity (Wildman–Crippen MR) is 388 cm³/mol. The highest BCUT2D eigenvalue weighted by Crippen LogP contribution is 2.31. The van der Waals surface area contributed by atoms with E-state index in [0.717, 1.165) is 16.3 Å². The molecule has 4 aromatic carbocycles. The lowest BCUT2D eigenvalue weighted by molar-refractivity contribution is -0.148. The number of nitrogens with two attached hydrogens (primary N) is 1. The van der Waals surface area contributed by atoms with Gasteiger partial charge in [-0.15, -0.1) is 5.10 Å². The van der Waals surface area contributed by atoms with Crippen molar-refractivity contribution in [2.24, 2.45) is 35.3 Å². The average Bonchev–Trinajstić information content (AvgIpc) is 1.79. The van der Waals surface area contributed by atoms with Crippen molar-refractivity contribution in [3.63, 3.8) is 0 Å². The summed E-state index contributed by atoms with van der Waals surface area (Å²) in [5.41, 5.74) is 9.17. The minimum Gasteiger partial charge on any atom is -0.469 e. The van der Waals surface area contributed by atoms with Gasteiger partial charge in [0.25, 0.3) is 0 Å². The first kappa shape index (κ1) is 83.0. The Balaban J connectivity index is 1.07. The number of benzene rings is 4. The minimum absolute atomic E-state index is 0.0384. The van der Waals surface area contributed by atoms with Crippen LogP contribution in [0.15, 0.2) is 103 Å². The van der Waals surface area contributed by atoms with Gasteiger partial charge in [-0.25, -0.2) is 9.48 Å². The van der Waals surface area contributed by atoms with E-state index in [-0.39, 0.29) is 88.2 Å². The van der Waals surface area contributed by atoms with Gasteiger partial charge in [-0.1, -0.05) is 157 Å². The topological polar surface area (TPSA) is 342 Å². The maximum atomic E-state index is 14.9. The van der Waals surface area contributed by atoms with Gasteiger partial charge in [0.15, 0.2) is 11.6 Å². The van der Waals surface area contributed by atoms with Crippen molar-refractivity contribution in [2.45, 2.75) is 200 Å². The highest BCUT2D eigenvalue weighted by Gasteiger charge is 2.44. The Hall–Kier alpha value is -8.98. The van der Waals surface area contributed by atoms with Gasteiger partial charge >= 0.3 is 12.1 Å². The van der Waals surface area contributed by atoms with Crippen molar-refractivity contribution in [3.05, 3.63) is 131 Å². The highest BCUT2D eigenvalue weighted by atomic mass is 16.6. The van der Waals surface area contributed by atoms with E-state index >= 15 is 0 Å². The molecule has 0 saturated carbocycles. The zero-order valence-corrected chi connectivity index (χ0v) is 62.3. The maximum Gasteiger partial charge on any atom is 0.410 e. The molecule has 0 unspecified atom stereocenters. The van der Waals surface area contributed by atoms with Crippen LogP contribution in [0, 0.1) is 36.5 Å². The number of nitrogens with one attached hydrogen (secondary N) is 4. The minimum atomic E-state index is -1.18. The fraction of sp³-hybridized carbons (Fsp3) is 0.558. The van der Waals surface area contributed by atoms with Gasteiger partial charge in [-0.05, 0) is 103 Å². The smallest absolute Gasteiger partial charge is 0.410 e. The number of aryl methyl sites for hydroxylation is 1. The number of fused-ring (bicyclic) bond motifs is 1. The summed E-state index contributed by atoms with van der Waals surface area (Å²) in [7, 11) is 7.32. The van der Waals surface area contributed by atoms with E-state index in [2.05, 4.69) is 31.6 Å². The molecule has 6 rings (SSSR count). The van der Waals surface area contributed by atoms with Gasteiger partial charge in [-0.2, -0.15) is 0 Å². The summed E-state index contributed by atoms with van der Waals surface area (Å²) in [6.45, 7) is 16.3. The Morgan fingerprint density at radius 2 is 1.36 bits per heavy atom. The number of likely N-dealkylation sites (N-methyl/N-ethyl adjacent to an activating group) is 2. The number of rotatable bonds is 40. The first-order chi connectivity index (χ1) is 49.0. The highest BCUT2D eigenvalue weighted by molar-refractivity contribution is 5.96. The molecule has 13 atom stereocenters. The first-order valence-corrected chi connectivity index (χ1v) is 35.7. The summed E-state index contributed by atoms with van der Waals surface area (Å²) in [5.74, 6) is -6.96. The Morgan fingerprint density at radius 3 is 1.97 bits per heavy atom. The molecule has 0 radical (unpaired) electrons. The van der Waals surface area contributed by atoms with Crippen LogP contribution in [0.4, 0.5) is 4.79 Å². The van der Waals surface area contributed by atoms with Crippen molar-refractivity contribution < 1.29 is 72.0 Å². The molecule has 7 amide bonds. The Morgan fingerprint density at radius 1 is 0.709 bits per heavy atom. The predicted octanol–water partition coefficient (Wildman–Crippen LogP) is 6.53. The molecule has 0 aliphatic carbocycles. The first-order valence-electron chi connectivity index (χ1n) is 35.7. The molecule has 562 valence electrons. The van der Waals surface area contributed by atoms with Crippen molar-refractivity contribution >= 4 is 69.8 Å². The number of nitrogens with zero attached hydrogens (tertiary/aromatic N) is 6. The number of amides is 7. The molecule has 0 bridgehead atoms. The van der Waals surface area contributed by atoms with E-state index in [4.69, 9.17) is 24.7 Å². The van der Waals surface area contributed by atoms with E-state index in [1.54, 1.807) is 108 Å². The van der Waals surface area contributed by atoms with Crippen LogP contribution >= 0.6 is 0 Å². The van der Waals surface area contributed by atoms with Crippen LogP contribution in [0.5, 0.6) is 0 Å². The van der Waals surface area contributed by atoms with Crippen LogP contribution in [-0.2, 0) is 88.1 Å². The normalized spacial score (nSPS) is 16.5. The summed E-state index contributed by atoms with van der Waals surface area (Å²) in [6, 6.07) is 23.2. The summed E-state index contributed by atoms with van der Waals surface area (Å²) < 4.78 is 24.0. The molecule has 1 fully saturated rings. The number of Topliss-reactive ketones (excluding diaryl/α,β-unsaturated/α-hetero) is 2. The van der Waals surface area contributed by atoms with Gasteiger partial charge in [0.05, 0.1) is 73.7 Å². The fourth-order valence-corrected chi connectivity index (χ4v) is 13.6. The molecule has 5 aromatic rings. The van der Waals surface area contributed by atoms with Crippen LogP contribution in [0.2, 0.25) is 0 Å². The summed E-state index contributed by atoms with van der Waals surface area (Å²) in [6.07, 6.45) is -0.464. The van der Waals surface area contributed by atoms with Crippen molar-refractivity contribution in [1.82, 2.24) is 51.0 Å². The van der Waals surface area contributed by atoms with Gasteiger partial charge in [0.1, 0.15) is 25.2 Å². The Kier molecular flexibility index (Phi) is 32.4. The lowest BCUT2D eigenvalue weighted by Crippen LogP contribution is -2.60. The number of hydrogen-bond acceptors (Lipinski definition) is 18. The van der Waals surface area contributed by atoms with E-state index in [0.29, 0.717) is 48.2 Å². The second-order valence-corrected chi connectivity index (χ2v) is 28.0. The molecule has 7 N–H and O–H groups in total. The van der Waals surface area contributed by atoms with Gasteiger partial charge in [-0.3, -0.25) is 48.1 Å². The van der Waals surface area contributed by atoms with E-state index in [1.807, 2.05) is 74.5 Å². The monoisotopic (exact) mass is 1430 g/mol. The molecular formula is C77H109N11O15. The van der Waals surface area contributed by atoms with Crippen LogP contribution in [0.1, 0.15) is 141 Å². The molecule has 1 aliphatic rings. The Bertz CT molecular complexity index is 3640. The summed E-state index contributed by atoms with van der Waals surface area (Å²) >= 11 is 0. The average molecular weight is 1430 g/mol. The van der Waals surface area contributed by atoms with E-state index in [1.165, 1.54) is 38.0 Å². The van der Waals surface area contributed by atoms with Crippen LogP contribution in [0.3, 0.4) is 0 Å². The molecule has 103 heavy (non-hydrogen) atoms. The summed E-state index contributed by atoms with van der Waals surface area (Å²) in [5, 5.41) is 32.2. The summed E-state index contributed by atoms with van der Waals surface area (Å²) in [4.78, 5) is 145. The number of likely N-dealkylation sites (tertiary alicyclic amines) is 1. The lowest BCUT2D eigenvalue weighted by atomic mass is 9.89. The van der Waals surface area contributed by atoms with Crippen molar-refractivity contribution in [2.75, 3.05) is 48.5 Å². The van der Waals surface area contributed by atoms with E-state index < -0.39 is 126 Å². The third-order valence-electron chi connectivity index (χ3n) is 19.7. The third kappa shape index (κ3) is 23.5. The zero-order chi connectivity index (χ0) is 75.8. The molecule has 1 saturated heterocycles. The SMILES string of the molecule is CC[C@H](C)[C@@H]([C@@H](CC(=O)N1CCC[C@H]1[C@H](OC)[C@@H](C)C(=O)N[C@H](C)[C@@H](O)c1ccccc1)OC)N(C)C(=O)[C@@H](NC(=O)[C@H](C(C)C)N(C)C(=O)OCc1ccc(CC(=O)[C@H](CCN)NC(=O)[C@@H](CC(=O)[C@H](CCC(=O)OC)NC(=O)Cn2cc(C)nn2)Cc2ccc3ccccc3c2)cc1)C(C)C. The van der Waals surface area contributed by atoms with Gasteiger partial charge in [0, 0.05) is 66.2 Å². The molecule has 2 heterocycles. The molecular weight excluding hydrogens is 1320 g/mol. The number of aliphatic hydroxyl groups is 1. The van der Waals surface area contributed by atoms with Crippen LogP contribution in [-0.4, -0.2) is 197 Å². The number of esters is 1.